The number of hydrogen-bond donors (Lipinski definition) is 4. The lowest BCUT2D eigenvalue weighted by Crippen LogP contribution is -2.48. The molecule has 1 saturated heterocycles. The summed E-state index contributed by atoms with van der Waals surface area (Å²) in [5.41, 5.74) is 3.72. The van der Waals surface area contributed by atoms with Crippen molar-refractivity contribution in [3.8, 4) is 0 Å². The van der Waals surface area contributed by atoms with Crippen molar-refractivity contribution in [3.05, 3.63) is 24.7 Å². The Morgan fingerprint density at radius 2 is 2.16 bits per heavy atom. The van der Waals surface area contributed by atoms with Crippen LogP contribution < -0.4 is 5.73 Å². The van der Waals surface area contributed by atoms with Gasteiger partial charge in [-0.25, -0.2) is 9.38 Å². The third-order valence-electron chi connectivity index (χ3n) is 3.24. The van der Waals surface area contributed by atoms with E-state index in [2.05, 4.69) is 11.6 Å². The number of aliphatic hydroxyl groups is 3. The molecule has 19 heavy (non-hydrogen) atoms. The van der Waals surface area contributed by atoms with E-state index in [1.807, 2.05) is 0 Å². The molecule has 0 radical (unpaired) electrons. The summed E-state index contributed by atoms with van der Waals surface area (Å²) < 4.78 is 19.4. The number of amidine groups is 1. The second-order valence-corrected chi connectivity index (χ2v) is 4.45. The van der Waals surface area contributed by atoms with Crippen LogP contribution in [0, 0.1) is 0 Å². The van der Waals surface area contributed by atoms with Gasteiger partial charge in [0.05, 0.1) is 13.2 Å². The van der Waals surface area contributed by atoms with Gasteiger partial charge in [-0.05, 0) is 6.08 Å². The summed E-state index contributed by atoms with van der Waals surface area (Å²) >= 11 is 0. The van der Waals surface area contributed by atoms with Crippen molar-refractivity contribution in [2.75, 3.05) is 13.2 Å². The van der Waals surface area contributed by atoms with E-state index in [1.54, 1.807) is 0 Å². The molecular weight excluding hydrogens is 257 g/mol. The number of aliphatic hydroxyl groups excluding tert-OH is 3. The molecule has 0 bridgehead atoms. The summed E-state index contributed by atoms with van der Waals surface area (Å²) in [4.78, 5) is 5.10. The first-order valence-electron chi connectivity index (χ1n) is 5.66. The van der Waals surface area contributed by atoms with Crippen LogP contribution in [0.5, 0.6) is 0 Å². The number of rotatable bonds is 3. The summed E-state index contributed by atoms with van der Waals surface area (Å²) in [5, 5.41) is 28.2. The molecule has 7 nitrogen and oxygen atoms in total. The maximum Gasteiger partial charge on any atom is 0.174 e. The fourth-order valence-electron chi connectivity index (χ4n) is 2.06. The average molecular weight is 273 g/mol. The molecule has 0 aromatic carbocycles. The average Bonchev–Trinajstić information content (AvgIpc) is 2.64. The van der Waals surface area contributed by atoms with Crippen molar-refractivity contribution < 1.29 is 24.4 Å². The predicted molar refractivity (Wildman–Crippen MR) is 64.4 cm³/mol. The van der Waals surface area contributed by atoms with Gasteiger partial charge in [0.25, 0.3) is 0 Å². The zero-order chi connectivity index (χ0) is 14.2. The van der Waals surface area contributed by atoms with Crippen molar-refractivity contribution in [2.45, 2.75) is 24.1 Å². The summed E-state index contributed by atoms with van der Waals surface area (Å²) in [5.74, 6) is 0.359. The summed E-state index contributed by atoms with van der Waals surface area (Å²) in [7, 11) is 0. The Bertz CT molecular complexity index is 436. The van der Waals surface area contributed by atoms with E-state index >= 15 is 0 Å². The zero-order valence-electron chi connectivity index (χ0n) is 10.1. The smallest absolute Gasteiger partial charge is 0.174 e. The quantitative estimate of drug-likeness (QED) is 0.494. The van der Waals surface area contributed by atoms with Gasteiger partial charge < -0.3 is 30.7 Å². The van der Waals surface area contributed by atoms with Crippen LogP contribution in [-0.2, 0) is 4.74 Å². The van der Waals surface area contributed by atoms with E-state index in [1.165, 1.54) is 17.2 Å². The number of aliphatic imine (C=N–C) groups is 1. The molecule has 1 fully saturated rings. The first-order chi connectivity index (χ1) is 8.95. The van der Waals surface area contributed by atoms with E-state index in [-0.39, 0.29) is 11.7 Å². The summed E-state index contributed by atoms with van der Waals surface area (Å²) in [6.45, 7) is 2.18. The van der Waals surface area contributed by atoms with Crippen LogP contribution in [0.3, 0.4) is 0 Å². The Labute approximate surface area is 109 Å². The highest BCUT2D eigenvalue weighted by Gasteiger charge is 2.56. The molecule has 106 valence electrons. The minimum absolute atomic E-state index is 0.145. The molecule has 3 atom stereocenters. The number of nitrogens with zero attached hydrogens (tertiary/aromatic N) is 2. The predicted octanol–water partition coefficient (Wildman–Crippen LogP) is -1.58. The number of halogens is 1. The van der Waals surface area contributed by atoms with Gasteiger partial charge in [-0.3, -0.25) is 0 Å². The molecule has 0 aliphatic carbocycles. The minimum Gasteiger partial charge on any atom is -0.393 e. The molecule has 2 aliphatic heterocycles. The molecule has 0 spiro atoms. The normalized spacial score (nSPS) is 33.7. The van der Waals surface area contributed by atoms with Gasteiger partial charge in [0, 0.05) is 6.20 Å². The van der Waals surface area contributed by atoms with Crippen molar-refractivity contribution in [2.24, 2.45) is 10.7 Å². The number of hydrogen-bond acceptors (Lipinski definition) is 7. The van der Waals surface area contributed by atoms with E-state index < -0.39 is 37.3 Å². The Hall–Kier alpha value is -1.48. The van der Waals surface area contributed by atoms with Crippen molar-refractivity contribution in [1.82, 2.24) is 4.90 Å². The summed E-state index contributed by atoms with van der Waals surface area (Å²) in [6, 6.07) is 0. The highest BCUT2D eigenvalue weighted by molar-refractivity contribution is 5.92. The highest BCUT2D eigenvalue weighted by atomic mass is 19.1. The molecule has 2 aliphatic rings. The van der Waals surface area contributed by atoms with Crippen LogP contribution in [0.2, 0.25) is 0 Å². The van der Waals surface area contributed by atoms with Crippen LogP contribution in [-0.4, -0.2) is 63.4 Å². The number of alkyl halides is 1. The van der Waals surface area contributed by atoms with Gasteiger partial charge in [-0.15, -0.1) is 0 Å². The largest absolute Gasteiger partial charge is 0.393 e. The lowest BCUT2D eigenvalue weighted by Gasteiger charge is -2.31. The van der Waals surface area contributed by atoms with Gasteiger partial charge in [-0.1, -0.05) is 6.58 Å². The van der Waals surface area contributed by atoms with Gasteiger partial charge in [0.15, 0.2) is 12.4 Å². The van der Waals surface area contributed by atoms with Gasteiger partial charge >= 0.3 is 0 Å². The van der Waals surface area contributed by atoms with E-state index in [0.717, 1.165) is 0 Å². The van der Waals surface area contributed by atoms with E-state index in [4.69, 9.17) is 10.5 Å². The summed E-state index contributed by atoms with van der Waals surface area (Å²) in [6.07, 6.45) is -1.89. The van der Waals surface area contributed by atoms with Crippen molar-refractivity contribution in [1.29, 1.82) is 0 Å². The monoisotopic (exact) mass is 273 g/mol. The molecule has 0 unspecified atom stereocenters. The van der Waals surface area contributed by atoms with Crippen LogP contribution in [0.15, 0.2) is 29.7 Å². The van der Waals surface area contributed by atoms with Crippen LogP contribution >= 0.6 is 0 Å². The third kappa shape index (κ3) is 2.12. The highest BCUT2D eigenvalue weighted by Crippen LogP contribution is 2.36. The van der Waals surface area contributed by atoms with Crippen LogP contribution in [0.4, 0.5) is 4.39 Å². The molecule has 2 heterocycles. The van der Waals surface area contributed by atoms with E-state index in [9.17, 15) is 19.7 Å². The lowest BCUT2D eigenvalue weighted by atomic mass is 9.98. The Balaban J connectivity index is 2.24. The first-order valence-corrected chi connectivity index (χ1v) is 5.66. The van der Waals surface area contributed by atoms with Gasteiger partial charge in [0.2, 0.25) is 0 Å². The third-order valence-corrected chi connectivity index (χ3v) is 3.24. The van der Waals surface area contributed by atoms with Crippen molar-refractivity contribution in [3.63, 3.8) is 0 Å². The zero-order valence-corrected chi connectivity index (χ0v) is 10.1. The molecule has 0 aromatic rings. The molecule has 2 rings (SSSR count). The molecule has 8 heteroatoms. The Morgan fingerprint density at radius 1 is 1.53 bits per heavy atom. The molecule has 5 N–H and O–H groups in total. The molecule has 0 aromatic heterocycles. The Morgan fingerprint density at radius 3 is 2.63 bits per heavy atom. The SMILES string of the molecule is C=C1N=C(N)C=CN1[C@@H]1OC(CO)(CO)[C@@H](O)[C@H]1F. The topological polar surface area (TPSA) is 112 Å². The van der Waals surface area contributed by atoms with E-state index in [0.29, 0.717) is 0 Å². The molecule has 0 amide bonds. The second-order valence-electron chi connectivity index (χ2n) is 4.45. The number of nitrogens with two attached hydrogens (primary N) is 1. The first kappa shape index (κ1) is 13.9. The van der Waals surface area contributed by atoms with Crippen LogP contribution in [0.25, 0.3) is 0 Å². The fourth-order valence-corrected chi connectivity index (χ4v) is 2.06. The van der Waals surface area contributed by atoms with Crippen LogP contribution in [0.1, 0.15) is 0 Å². The maximum absolute atomic E-state index is 14.1. The second kappa shape index (κ2) is 4.89. The Kier molecular flexibility index (Phi) is 3.59. The fraction of sp³-hybridized carbons (Fsp3) is 0.545. The molecule has 0 saturated carbocycles. The van der Waals surface area contributed by atoms with Crippen molar-refractivity contribution >= 4 is 5.84 Å². The standard InChI is InChI=1S/C11H16FN3O4/c1-6-14-7(13)2-3-15(6)10-8(12)9(18)11(4-16,5-17)19-10/h2-3,8-10,16-18H,1,4-5H2,(H2,13,14)/t8-,9+,10-/m1/s1. The lowest BCUT2D eigenvalue weighted by molar-refractivity contribution is -0.154. The van der Waals surface area contributed by atoms with Gasteiger partial charge in [-0.2, -0.15) is 0 Å². The maximum atomic E-state index is 14.1. The number of ether oxygens (including phenoxy) is 1. The molecular formula is C11H16FN3O4. The minimum atomic E-state index is -1.84. The van der Waals surface area contributed by atoms with Gasteiger partial charge in [0.1, 0.15) is 23.4 Å².